The number of rotatable bonds is 2. The number of hydrogen-bond acceptors (Lipinski definition) is 4. The molecular formula is C12H8Br2N2O2. The minimum Gasteiger partial charge on any atom is -0.506 e. The van der Waals surface area contributed by atoms with Crippen LogP contribution in [0.2, 0.25) is 0 Å². The molecule has 0 bridgehead atoms. The van der Waals surface area contributed by atoms with Gasteiger partial charge in [0.25, 0.3) is 0 Å². The van der Waals surface area contributed by atoms with Gasteiger partial charge in [0.1, 0.15) is 33.9 Å². The van der Waals surface area contributed by atoms with Gasteiger partial charge in [-0.05, 0) is 44.0 Å². The van der Waals surface area contributed by atoms with Gasteiger partial charge in [-0.15, -0.1) is 0 Å². The average molecular weight is 372 g/mol. The van der Waals surface area contributed by atoms with Crippen LogP contribution in [0.4, 0.5) is 0 Å². The number of phenolic OH excluding ortho intramolecular Hbond substituents is 1. The molecule has 0 radical (unpaired) electrons. The summed E-state index contributed by atoms with van der Waals surface area (Å²) in [6.45, 7) is 7.14. The van der Waals surface area contributed by atoms with Gasteiger partial charge in [0, 0.05) is 8.96 Å². The molecule has 4 nitrogen and oxygen atoms in total. The van der Waals surface area contributed by atoms with Crippen molar-refractivity contribution in [1.29, 1.82) is 0 Å². The maximum absolute atomic E-state index is 9.76. The van der Waals surface area contributed by atoms with Crippen LogP contribution < -0.4 is 0 Å². The Balaban J connectivity index is 2.93. The molecule has 0 amide bonds. The van der Waals surface area contributed by atoms with E-state index in [0.717, 1.165) is 0 Å². The number of aromatic hydroxyl groups is 1. The van der Waals surface area contributed by atoms with E-state index in [2.05, 4.69) is 55.0 Å². The highest BCUT2D eigenvalue weighted by molar-refractivity contribution is 9.15. The van der Waals surface area contributed by atoms with Gasteiger partial charge in [-0.2, -0.15) is 0 Å². The van der Waals surface area contributed by atoms with Gasteiger partial charge in [-0.3, -0.25) is 0 Å². The number of aromatic nitrogens is 2. The van der Waals surface area contributed by atoms with E-state index in [9.17, 15) is 10.2 Å². The summed E-state index contributed by atoms with van der Waals surface area (Å²) in [4.78, 5) is 8.49. The monoisotopic (exact) mass is 370 g/mol. The van der Waals surface area contributed by atoms with Gasteiger partial charge in [0.05, 0.1) is 0 Å². The van der Waals surface area contributed by atoms with Crippen molar-refractivity contribution in [2.75, 3.05) is 0 Å². The molecule has 6 heteroatoms. The van der Waals surface area contributed by atoms with Crippen molar-refractivity contribution in [3.8, 4) is 5.75 Å². The molecule has 2 rings (SSSR count). The summed E-state index contributed by atoms with van der Waals surface area (Å²) in [7, 11) is 0. The van der Waals surface area contributed by atoms with Crippen molar-refractivity contribution in [2.24, 2.45) is 0 Å². The lowest BCUT2D eigenvalue weighted by Crippen LogP contribution is -1.99. The van der Waals surface area contributed by atoms with Crippen molar-refractivity contribution in [3.63, 3.8) is 0 Å². The second-order valence-corrected chi connectivity index (χ2v) is 5.35. The van der Waals surface area contributed by atoms with Gasteiger partial charge in [0.2, 0.25) is 0 Å². The normalized spacial score (nSPS) is 10.6. The smallest absolute Gasteiger partial charge is 0.143 e. The Kier molecular flexibility index (Phi) is 3.41. The molecule has 0 aliphatic carbocycles. The van der Waals surface area contributed by atoms with Crippen LogP contribution in [-0.2, 0) is 0 Å². The zero-order valence-corrected chi connectivity index (χ0v) is 12.3. The number of aliphatic hydroxyl groups is 1. The highest BCUT2D eigenvalue weighted by Gasteiger charge is 2.16. The second kappa shape index (κ2) is 4.70. The van der Waals surface area contributed by atoms with E-state index in [1.165, 1.54) is 6.07 Å². The summed E-state index contributed by atoms with van der Waals surface area (Å²) in [5.41, 5.74) is 1.32. The molecule has 0 fully saturated rings. The molecule has 0 saturated carbocycles. The zero-order valence-electron chi connectivity index (χ0n) is 9.11. The molecule has 1 aromatic heterocycles. The lowest BCUT2D eigenvalue weighted by atomic mass is 10.2. The molecule has 92 valence electrons. The summed E-state index contributed by atoms with van der Waals surface area (Å²) in [5.74, 6) is -0.255. The van der Waals surface area contributed by atoms with Crippen molar-refractivity contribution in [3.05, 3.63) is 41.2 Å². The first-order valence-corrected chi connectivity index (χ1v) is 6.42. The molecule has 0 atom stereocenters. The van der Waals surface area contributed by atoms with E-state index in [-0.39, 0.29) is 22.7 Å². The molecular weight excluding hydrogens is 364 g/mol. The summed E-state index contributed by atoms with van der Waals surface area (Å²) in [6.07, 6.45) is 0. The first kappa shape index (κ1) is 13.0. The summed E-state index contributed by atoms with van der Waals surface area (Å²) < 4.78 is 1.16. The highest BCUT2D eigenvalue weighted by atomic mass is 79.9. The third kappa shape index (κ3) is 2.13. The van der Waals surface area contributed by atoms with Crippen LogP contribution in [0.1, 0.15) is 11.4 Å². The maximum Gasteiger partial charge on any atom is 0.143 e. The van der Waals surface area contributed by atoms with Crippen LogP contribution in [-0.4, -0.2) is 20.2 Å². The third-order valence-corrected chi connectivity index (χ3v) is 3.30. The average Bonchev–Trinajstić information content (AvgIpc) is 2.32. The molecule has 1 aromatic carbocycles. The maximum atomic E-state index is 9.76. The second-order valence-electron chi connectivity index (χ2n) is 3.54. The molecule has 18 heavy (non-hydrogen) atoms. The number of benzene rings is 1. The van der Waals surface area contributed by atoms with E-state index in [1.807, 2.05) is 0 Å². The lowest BCUT2D eigenvalue weighted by molar-refractivity contribution is 0.479. The standard InChI is InChI=1S/C12H8Br2N2O2/c1-5(13)9-10(6(2)17)16-12-8(18)4-3-7(14)11(12)15-9/h3-4,17-18H,1-2H2. The Morgan fingerprint density at radius 3 is 2.28 bits per heavy atom. The van der Waals surface area contributed by atoms with Gasteiger partial charge < -0.3 is 10.2 Å². The summed E-state index contributed by atoms with van der Waals surface area (Å²) in [6, 6.07) is 3.16. The fourth-order valence-electron chi connectivity index (χ4n) is 1.48. The Labute approximate surface area is 120 Å². The number of phenols is 1. The molecule has 1 heterocycles. The number of nitrogens with zero attached hydrogens (tertiary/aromatic N) is 2. The molecule has 2 aromatic rings. The Morgan fingerprint density at radius 2 is 1.72 bits per heavy atom. The number of fused-ring (bicyclic) bond motifs is 1. The highest BCUT2D eigenvalue weighted by Crippen LogP contribution is 2.32. The fourth-order valence-corrected chi connectivity index (χ4v) is 2.17. The van der Waals surface area contributed by atoms with Crippen LogP contribution in [0.3, 0.4) is 0 Å². The first-order valence-electron chi connectivity index (χ1n) is 4.84. The number of aliphatic hydroxyl groups excluding tert-OH is 1. The van der Waals surface area contributed by atoms with E-state index in [1.54, 1.807) is 6.07 Å². The topological polar surface area (TPSA) is 66.2 Å². The minimum absolute atomic E-state index is 0.0186. The van der Waals surface area contributed by atoms with Gasteiger partial charge in [-0.25, -0.2) is 9.97 Å². The fraction of sp³-hybridized carbons (Fsp3) is 0. The van der Waals surface area contributed by atoms with Crippen molar-refractivity contribution in [2.45, 2.75) is 0 Å². The molecule has 0 aliphatic heterocycles. The molecule has 0 spiro atoms. The van der Waals surface area contributed by atoms with Crippen LogP contribution in [0.5, 0.6) is 5.75 Å². The number of hydrogen-bond donors (Lipinski definition) is 2. The molecule has 2 N–H and O–H groups in total. The van der Waals surface area contributed by atoms with Gasteiger partial charge in [-0.1, -0.05) is 13.2 Å². The molecule has 0 unspecified atom stereocenters. The molecule has 0 aliphatic rings. The SMILES string of the molecule is C=C(O)c1nc2c(O)ccc(Br)c2nc1C(=C)Br. The van der Waals surface area contributed by atoms with Crippen LogP contribution >= 0.6 is 31.9 Å². The lowest BCUT2D eigenvalue weighted by Gasteiger charge is -2.09. The predicted octanol–water partition coefficient (Wildman–Crippen LogP) is 3.99. The first-order chi connectivity index (χ1) is 8.41. The van der Waals surface area contributed by atoms with Crippen LogP contribution in [0, 0.1) is 0 Å². The minimum atomic E-state index is -0.237. The Bertz CT molecular complexity index is 625. The number of halogens is 2. The van der Waals surface area contributed by atoms with Gasteiger partial charge in [0.15, 0.2) is 0 Å². The Morgan fingerprint density at radius 1 is 1.11 bits per heavy atom. The van der Waals surface area contributed by atoms with E-state index in [4.69, 9.17) is 0 Å². The largest absolute Gasteiger partial charge is 0.506 e. The van der Waals surface area contributed by atoms with Crippen molar-refractivity contribution in [1.82, 2.24) is 9.97 Å². The summed E-state index contributed by atoms with van der Waals surface area (Å²) in [5, 5.41) is 19.3. The Hall–Kier alpha value is -1.40. The quantitative estimate of drug-likeness (QED) is 0.783. The van der Waals surface area contributed by atoms with Crippen molar-refractivity contribution < 1.29 is 10.2 Å². The van der Waals surface area contributed by atoms with E-state index in [0.29, 0.717) is 20.2 Å². The third-order valence-electron chi connectivity index (χ3n) is 2.28. The summed E-state index contributed by atoms with van der Waals surface area (Å²) >= 11 is 6.54. The van der Waals surface area contributed by atoms with E-state index >= 15 is 0 Å². The van der Waals surface area contributed by atoms with Crippen molar-refractivity contribution >= 4 is 53.1 Å². The molecule has 0 saturated heterocycles. The zero-order chi connectivity index (χ0) is 13.4. The van der Waals surface area contributed by atoms with E-state index < -0.39 is 0 Å². The van der Waals surface area contributed by atoms with Crippen LogP contribution in [0.15, 0.2) is 29.8 Å². The predicted molar refractivity (Wildman–Crippen MR) is 78.5 cm³/mol. The van der Waals surface area contributed by atoms with Gasteiger partial charge >= 0.3 is 0 Å². The van der Waals surface area contributed by atoms with Crippen LogP contribution in [0.25, 0.3) is 21.3 Å².